The summed E-state index contributed by atoms with van der Waals surface area (Å²) in [6, 6.07) is 17.9. The van der Waals surface area contributed by atoms with E-state index >= 15 is 0 Å². The molecule has 0 saturated carbocycles. The highest BCUT2D eigenvalue weighted by atomic mass is 35.5. The average molecular weight is 496 g/mol. The Bertz CT molecular complexity index is 1380. The number of non-ortho nitro benzene ring substituents is 1. The molecule has 8 nitrogen and oxygen atoms in total. The van der Waals surface area contributed by atoms with E-state index in [4.69, 9.17) is 11.6 Å². The number of aryl methyl sites for hydroxylation is 1. The molecule has 34 heavy (non-hydrogen) atoms. The van der Waals surface area contributed by atoms with E-state index in [9.17, 15) is 23.9 Å². The monoisotopic (exact) mass is 495 g/mol. The average Bonchev–Trinajstić information content (AvgIpc) is 3.21. The van der Waals surface area contributed by atoms with E-state index in [1.165, 1.54) is 28.0 Å². The van der Waals surface area contributed by atoms with Crippen LogP contribution in [0.15, 0.2) is 66.7 Å². The molecule has 2 aliphatic heterocycles. The molecular formula is C24H18ClN3O5S. The summed E-state index contributed by atoms with van der Waals surface area (Å²) in [6.07, 6.45) is 0. The molecule has 2 amide bonds. The number of anilines is 2. The van der Waals surface area contributed by atoms with E-state index in [2.05, 4.69) is 0 Å². The number of amides is 2. The van der Waals surface area contributed by atoms with Gasteiger partial charge in [-0.2, -0.15) is 0 Å². The molecule has 1 saturated heterocycles. The third-order valence-corrected chi connectivity index (χ3v) is 8.07. The predicted octanol–water partition coefficient (Wildman–Crippen LogP) is 4.05. The summed E-state index contributed by atoms with van der Waals surface area (Å²) < 4.78 is 13.6. The lowest BCUT2D eigenvalue weighted by molar-refractivity contribution is -0.384. The smallest absolute Gasteiger partial charge is 0.271 e. The van der Waals surface area contributed by atoms with Crippen LogP contribution in [0.5, 0.6) is 0 Å². The maximum atomic E-state index is 14.1. The Morgan fingerprint density at radius 3 is 2.38 bits per heavy atom. The zero-order chi connectivity index (χ0) is 24.2. The van der Waals surface area contributed by atoms with Crippen molar-refractivity contribution in [2.75, 3.05) is 15.6 Å². The standard InChI is InChI=1S/C24H18ClN3O5S/c1-15-2-8-18(9-3-15)27-22(29)14-34(33)24(27)20-12-19(28(31)32)10-11-21(20)26(23(24)30)13-16-4-6-17(25)7-5-16/h2-12H,13-14H2,1H3. The highest BCUT2D eigenvalue weighted by molar-refractivity contribution is 7.88. The minimum atomic E-state index is -1.98. The minimum absolute atomic E-state index is 0.121. The number of benzene rings is 3. The van der Waals surface area contributed by atoms with Gasteiger partial charge in [0.2, 0.25) is 10.8 Å². The Kier molecular flexibility index (Phi) is 5.26. The van der Waals surface area contributed by atoms with E-state index in [1.54, 1.807) is 48.5 Å². The van der Waals surface area contributed by atoms with Gasteiger partial charge in [0.1, 0.15) is 5.75 Å². The SMILES string of the molecule is Cc1ccc(N2C(=O)CS(=O)C23C(=O)N(Cc2ccc(Cl)cc2)c2ccc([N+](=O)[O-])cc23)cc1. The van der Waals surface area contributed by atoms with E-state index in [0.29, 0.717) is 16.4 Å². The normalized spacial score (nSPS) is 21.4. The quantitative estimate of drug-likeness (QED) is 0.401. The molecule has 2 unspecified atom stereocenters. The van der Waals surface area contributed by atoms with Gasteiger partial charge < -0.3 is 4.90 Å². The Morgan fingerprint density at radius 1 is 1.06 bits per heavy atom. The summed E-state index contributed by atoms with van der Waals surface area (Å²) in [4.78, 5) is 39.0. The van der Waals surface area contributed by atoms with Crippen molar-refractivity contribution in [2.24, 2.45) is 0 Å². The third kappa shape index (κ3) is 3.23. The van der Waals surface area contributed by atoms with Gasteiger partial charge in [-0.1, -0.05) is 41.4 Å². The molecule has 172 valence electrons. The Labute approximate surface area is 202 Å². The number of hydrogen-bond acceptors (Lipinski definition) is 5. The van der Waals surface area contributed by atoms with Gasteiger partial charge in [0, 0.05) is 28.4 Å². The van der Waals surface area contributed by atoms with Crippen molar-refractivity contribution in [3.63, 3.8) is 0 Å². The first kappa shape index (κ1) is 22.2. The second kappa shape index (κ2) is 8.03. The van der Waals surface area contributed by atoms with Gasteiger partial charge in [0.05, 0.1) is 28.0 Å². The number of carbonyl (C=O) groups is 2. The first-order chi connectivity index (χ1) is 16.2. The summed E-state index contributed by atoms with van der Waals surface area (Å²) in [5.74, 6) is -1.42. The molecule has 3 aromatic carbocycles. The van der Waals surface area contributed by atoms with Gasteiger partial charge in [-0.25, -0.2) is 0 Å². The zero-order valence-electron chi connectivity index (χ0n) is 17.9. The summed E-state index contributed by atoms with van der Waals surface area (Å²) in [5, 5.41) is 12.1. The maximum Gasteiger partial charge on any atom is 0.271 e. The molecule has 0 radical (unpaired) electrons. The lowest BCUT2D eigenvalue weighted by atomic mass is 10.0. The van der Waals surface area contributed by atoms with Crippen LogP contribution in [0.1, 0.15) is 16.7 Å². The van der Waals surface area contributed by atoms with Gasteiger partial charge in [-0.05, 0) is 42.8 Å². The number of nitro benzene ring substituents is 1. The van der Waals surface area contributed by atoms with Crippen LogP contribution in [0.2, 0.25) is 5.02 Å². The van der Waals surface area contributed by atoms with Crippen molar-refractivity contribution in [2.45, 2.75) is 18.3 Å². The first-order valence-electron chi connectivity index (χ1n) is 10.4. The van der Waals surface area contributed by atoms with Crippen molar-refractivity contribution >= 4 is 51.3 Å². The highest BCUT2D eigenvalue weighted by Gasteiger charge is 2.65. The molecule has 0 aliphatic carbocycles. The molecule has 1 spiro atoms. The minimum Gasteiger partial charge on any atom is -0.304 e. The second-order valence-corrected chi connectivity index (χ2v) is 10.2. The number of carbonyl (C=O) groups excluding carboxylic acids is 2. The van der Waals surface area contributed by atoms with Gasteiger partial charge in [0.15, 0.2) is 0 Å². The molecule has 10 heteroatoms. The number of halogens is 1. The Balaban J connectivity index is 1.73. The predicted molar refractivity (Wildman–Crippen MR) is 129 cm³/mol. The summed E-state index contributed by atoms with van der Waals surface area (Å²) in [7, 11) is -1.98. The van der Waals surface area contributed by atoms with Crippen molar-refractivity contribution < 1.29 is 18.7 Å². The molecule has 0 aromatic heterocycles. The lowest BCUT2D eigenvalue weighted by Gasteiger charge is -2.32. The van der Waals surface area contributed by atoms with Crippen LogP contribution in [-0.4, -0.2) is 26.7 Å². The van der Waals surface area contributed by atoms with Crippen LogP contribution >= 0.6 is 11.6 Å². The van der Waals surface area contributed by atoms with E-state index in [0.717, 1.165) is 11.1 Å². The molecule has 1 fully saturated rings. The van der Waals surface area contributed by atoms with Crippen molar-refractivity contribution in [3.8, 4) is 0 Å². The summed E-state index contributed by atoms with van der Waals surface area (Å²) >= 11 is 5.99. The molecule has 0 bridgehead atoms. The van der Waals surface area contributed by atoms with Crippen LogP contribution in [0.25, 0.3) is 0 Å². The van der Waals surface area contributed by atoms with E-state index in [-0.39, 0.29) is 23.5 Å². The number of rotatable bonds is 4. The molecular weight excluding hydrogens is 478 g/mol. The van der Waals surface area contributed by atoms with E-state index in [1.807, 2.05) is 6.92 Å². The fourth-order valence-electron chi connectivity index (χ4n) is 4.50. The number of nitro groups is 1. The van der Waals surface area contributed by atoms with Crippen molar-refractivity contribution in [3.05, 3.63) is 98.6 Å². The molecule has 2 aliphatic rings. The summed E-state index contributed by atoms with van der Waals surface area (Å²) in [6.45, 7) is 2.01. The zero-order valence-corrected chi connectivity index (χ0v) is 19.5. The van der Waals surface area contributed by atoms with Gasteiger partial charge in [-0.3, -0.25) is 28.8 Å². The fraction of sp³-hybridized carbons (Fsp3) is 0.167. The topological polar surface area (TPSA) is 101 Å². The molecule has 2 heterocycles. The van der Waals surface area contributed by atoms with Crippen LogP contribution in [0.4, 0.5) is 17.1 Å². The van der Waals surface area contributed by atoms with E-state index < -0.39 is 32.4 Å². The van der Waals surface area contributed by atoms with Crippen LogP contribution < -0.4 is 9.80 Å². The van der Waals surface area contributed by atoms with Gasteiger partial charge in [-0.15, -0.1) is 0 Å². The molecule has 5 rings (SSSR count). The largest absolute Gasteiger partial charge is 0.304 e. The second-order valence-electron chi connectivity index (χ2n) is 8.17. The number of fused-ring (bicyclic) bond motifs is 2. The number of nitrogens with zero attached hydrogens (tertiary/aromatic N) is 3. The molecule has 2 atom stereocenters. The van der Waals surface area contributed by atoms with Crippen LogP contribution in [-0.2, 0) is 31.8 Å². The Hall–Kier alpha value is -3.56. The molecule has 0 N–H and O–H groups in total. The van der Waals surface area contributed by atoms with Gasteiger partial charge >= 0.3 is 0 Å². The Morgan fingerprint density at radius 2 is 1.74 bits per heavy atom. The van der Waals surface area contributed by atoms with Crippen LogP contribution in [0.3, 0.4) is 0 Å². The van der Waals surface area contributed by atoms with Crippen LogP contribution in [0, 0.1) is 17.0 Å². The maximum absolute atomic E-state index is 14.1. The van der Waals surface area contributed by atoms with Gasteiger partial charge in [0.25, 0.3) is 11.6 Å². The third-order valence-electron chi connectivity index (χ3n) is 6.08. The lowest BCUT2D eigenvalue weighted by Crippen LogP contribution is -2.52. The summed E-state index contributed by atoms with van der Waals surface area (Å²) in [5.41, 5.74) is 2.43. The van der Waals surface area contributed by atoms with Crippen molar-refractivity contribution in [1.29, 1.82) is 0 Å². The highest BCUT2D eigenvalue weighted by Crippen LogP contribution is 2.52. The number of hydrogen-bond donors (Lipinski definition) is 0. The fourth-order valence-corrected chi connectivity index (χ4v) is 6.31. The van der Waals surface area contributed by atoms with Crippen molar-refractivity contribution in [1.82, 2.24) is 0 Å². The molecule has 3 aromatic rings. The first-order valence-corrected chi connectivity index (χ1v) is 12.1.